The van der Waals surface area contributed by atoms with Crippen LogP contribution in [-0.2, 0) is 14.3 Å². The van der Waals surface area contributed by atoms with Crippen LogP contribution in [0.5, 0.6) is 5.75 Å². The van der Waals surface area contributed by atoms with Gasteiger partial charge in [0.05, 0.1) is 12.7 Å². The molecule has 0 saturated heterocycles. The van der Waals surface area contributed by atoms with Crippen LogP contribution in [0, 0.1) is 13.8 Å². The van der Waals surface area contributed by atoms with E-state index in [0.717, 1.165) is 13.2 Å². The maximum absolute atomic E-state index is 13.7. The third kappa shape index (κ3) is 6.53. The smallest absolute Gasteiger partial charge is 0.429 e. The zero-order valence-electron chi connectivity index (χ0n) is 18.4. The van der Waals surface area contributed by atoms with Gasteiger partial charge in [-0.3, -0.25) is 9.79 Å². The number of guanidine groups is 1. The van der Waals surface area contributed by atoms with Gasteiger partial charge in [-0.15, -0.1) is 0 Å². The molecule has 0 spiro atoms. The Kier molecular flexibility index (Phi) is 8.59. The molecule has 0 aliphatic carbocycles. The topological polar surface area (TPSA) is 129 Å². The predicted octanol–water partition coefficient (Wildman–Crippen LogP) is 2.77. The molecule has 8 nitrogen and oxygen atoms in total. The molecule has 2 atom stereocenters. The van der Waals surface area contributed by atoms with E-state index in [1.165, 1.54) is 6.07 Å². The number of nitrogens with two attached hydrogens (primary N) is 2. The monoisotopic (exact) mass is 490 g/mol. The normalized spacial score (nSPS) is 16.1. The third-order valence-corrected chi connectivity index (χ3v) is 5.65. The molecule has 1 aromatic carbocycles. The van der Waals surface area contributed by atoms with Gasteiger partial charge in [0.1, 0.15) is 11.8 Å². The van der Waals surface area contributed by atoms with Crippen molar-refractivity contribution in [2.24, 2.45) is 16.5 Å². The average Bonchev–Trinajstić information content (AvgIpc) is 2.74. The summed E-state index contributed by atoms with van der Waals surface area (Å²) in [5.74, 6) is -2.00. The average molecular weight is 491 g/mol. The maximum atomic E-state index is 13.7. The number of aliphatic imine (C=N–C) groups is 1. The van der Waals surface area contributed by atoms with Crippen molar-refractivity contribution < 1.29 is 32.2 Å². The number of esters is 1. The zero-order valence-corrected chi connectivity index (χ0v) is 19.1. The van der Waals surface area contributed by atoms with Gasteiger partial charge in [0, 0.05) is 17.1 Å². The summed E-state index contributed by atoms with van der Waals surface area (Å²) in [6, 6.07) is 0.225. The molecule has 0 fully saturated rings. The van der Waals surface area contributed by atoms with E-state index < -0.39 is 35.8 Å². The number of halogens is 4. The molecule has 1 aliphatic rings. The molecule has 0 aromatic heterocycles. The van der Waals surface area contributed by atoms with E-state index >= 15 is 0 Å². The van der Waals surface area contributed by atoms with E-state index in [4.69, 9.17) is 27.8 Å². The number of aryl methyl sites for hydroxylation is 1. The number of hydrogen-bond donors (Lipinski definition) is 3. The summed E-state index contributed by atoms with van der Waals surface area (Å²) >= 11 is 6.22. The molecule has 0 saturated carbocycles. The molecule has 0 unspecified atom stereocenters. The van der Waals surface area contributed by atoms with Crippen molar-refractivity contribution in [2.45, 2.75) is 51.4 Å². The number of amides is 1. The van der Waals surface area contributed by atoms with Crippen LogP contribution in [0.25, 0.3) is 6.08 Å². The van der Waals surface area contributed by atoms with Crippen molar-refractivity contribution in [1.82, 2.24) is 5.32 Å². The highest BCUT2D eigenvalue weighted by molar-refractivity contribution is 6.32. The number of nitrogens with one attached hydrogen (secondary N) is 1. The van der Waals surface area contributed by atoms with Crippen LogP contribution in [0.4, 0.5) is 13.2 Å². The minimum absolute atomic E-state index is 0.0301. The fraction of sp³-hybridized carbons (Fsp3) is 0.476. The lowest BCUT2D eigenvalue weighted by molar-refractivity contribution is -0.185. The SMILES string of the molecule is COC(=O)[C@H](CCCCN=C(N)N)NC(=O)C1=Cc2c(cc(C)c(Cl)c2C)O[C@@H]1C(F)(F)F. The van der Waals surface area contributed by atoms with Crippen molar-refractivity contribution in [3.05, 3.63) is 33.4 Å². The lowest BCUT2D eigenvalue weighted by Gasteiger charge is -2.30. The van der Waals surface area contributed by atoms with Crippen LogP contribution >= 0.6 is 11.6 Å². The standard InChI is InChI=1S/C21H26ClF3N4O4/c1-10-8-15-12(11(2)16(10)22)9-13(17(33-15)21(23,24)25)18(30)29-14(19(31)32-3)6-4-5-7-28-20(26)27/h8-9,14,17H,4-7H2,1-3H3,(H,29,30)(H4,26,27,28)/t14-,17-/m0/s1. The quantitative estimate of drug-likeness (QED) is 0.222. The van der Waals surface area contributed by atoms with Gasteiger partial charge in [0.15, 0.2) is 5.96 Å². The van der Waals surface area contributed by atoms with Crippen molar-refractivity contribution in [1.29, 1.82) is 0 Å². The van der Waals surface area contributed by atoms with Gasteiger partial charge < -0.3 is 26.3 Å². The van der Waals surface area contributed by atoms with E-state index in [1.54, 1.807) is 13.8 Å². The lowest BCUT2D eigenvalue weighted by Crippen LogP contribution is -2.48. The Morgan fingerprint density at radius 1 is 1.30 bits per heavy atom. The number of fused-ring (bicyclic) bond motifs is 1. The highest BCUT2D eigenvalue weighted by Crippen LogP contribution is 2.41. The summed E-state index contributed by atoms with van der Waals surface area (Å²) in [5, 5.41) is 2.69. The molecule has 12 heteroatoms. The van der Waals surface area contributed by atoms with E-state index in [2.05, 4.69) is 15.0 Å². The third-order valence-electron chi connectivity index (χ3n) is 5.07. The minimum Gasteiger partial charge on any atom is -0.475 e. The first kappa shape index (κ1) is 26.3. The highest BCUT2D eigenvalue weighted by Gasteiger charge is 2.49. The van der Waals surface area contributed by atoms with Gasteiger partial charge in [0.25, 0.3) is 5.91 Å². The Balaban J connectivity index is 2.31. The van der Waals surface area contributed by atoms with Crippen LogP contribution in [0.3, 0.4) is 0 Å². The van der Waals surface area contributed by atoms with E-state index in [9.17, 15) is 22.8 Å². The van der Waals surface area contributed by atoms with Gasteiger partial charge in [-0.25, -0.2) is 4.79 Å². The molecule has 0 radical (unpaired) electrons. The van der Waals surface area contributed by atoms with Crippen molar-refractivity contribution >= 4 is 35.5 Å². The minimum atomic E-state index is -4.87. The van der Waals surface area contributed by atoms with Gasteiger partial charge in [-0.2, -0.15) is 13.2 Å². The Morgan fingerprint density at radius 2 is 1.97 bits per heavy atom. The molecular formula is C21H26ClF3N4O4. The van der Waals surface area contributed by atoms with Crippen LogP contribution in [0.1, 0.15) is 36.0 Å². The summed E-state index contributed by atoms with van der Waals surface area (Å²) in [5.41, 5.74) is 11.1. The Hall–Kier alpha value is -2.95. The molecule has 5 N–H and O–H groups in total. The molecule has 1 aromatic rings. The Morgan fingerprint density at radius 3 is 2.55 bits per heavy atom. The molecule has 1 aliphatic heterocycles. The van der Waals surface area contributed by atoms with Crippen LogP contribution in [0.2, 0.25) is 5.02 Å². The summed E-state index contributed by atoms with van der Waals surface area (Å²) in [6.07, 6.45) is -5.27. The van der Waals surface area contributed by atoms with E-state index in [1.807, 2.05) is 0 Å². The van der Waals surface area contributed by atoms with E-state index in [-0.39, 0.29) is 23.7 Å². The van der Waals surface area contributed by atoms with Crippen LogP contribution < -0.4 is 21.5 Å². The van der Waals surface area contributed by atoms with Crippen molar-refractivity contribution in [2.75, 3.05) is 13.7 Å². The number of nitrogens with zero attached hydrogens (tertiary/aromatic N) is 1. The number of alkyl halides is 3. The van der Waals surface area contributed by atoms with Crippen LogP contribution in [0.15, 0.2) is 16.6 Å². The second-order valence-corrected chi connectivity index (χ2v) is 7.91. The molecule has 2 rings (SSSR count). The maximum Gasteiger partial charge on any atom is 0.429 e. The largest absolute Gasteiger partial charge is 0.475 e. The number of rotatable bonds is 8. The number of hydrogen-bond acceptors (Lipinski definition) is 5. The first-order valence-electron chi connectivity index (χ1n) is 10.1. The number of benzene rings is 1. The summed E-state index contributed by atoms with van der Waals surface area (Å²) in [4.78, 5) is 28.8. The van der Waals surface area contributed by atoms with E-state index in [0.29, 0.717) is 35.5 Å². The number of ether oxygens (including phenoxy) is 2. The predicted molar refractivity (Wildman–Crippen MR) is 118 cm³/mol. The molecule has 1 amide bonds. The molecule has 33 heavy (non-hydrogen) atoms. The number of unbranched alkanes of at least 4 members (excludes halogenated alkanes) is 1. The molecule has 1 heterocycles. The van der Waals surface area contributed by atoms with Crippen LogP contribution in [-0.4, -0.2) is 49.8 Å². The van der Waals surface area contributed by atoms with Gasteiger partial charge in [0.2, 0.25) is 6.10 Å². The Labute approximate surface area is 194 Å². The summed E-state index contributed by atoms with van der Waals surface area (Å²) in [7, 11) is 1.12. The molecular weight excluding hydrogens is 465 g/mol. The Bertz CT molecular complexity index is 975. The van der Waals surface area contributed by atoms with Crippen molar-refractivity contribution in [3.8, 4) is 5.75 Å². The fourth-order valence-electron chi connectivity index (χ4n) is 3.36. The van der Waals surface area contributed by atoms with Crippen molar-refractivity contribution in [3.63, 3.8) is 0 Å². The highest BCUT2D eigenvalue weighted by atomic mass is 35.5. The van der Waals surface area contributed by atoms with Gasteiger partial charge in [-0.1, -0.05) is 11.6 Å². The number of carbonyl (C=O) groups excluding carboxylic acids is 2. The fourth-order valence-corrected chi connectivity index (χ4v) is 3.52. The second kappa shape index (κ2) is 10.8. The second-order valence-electron chi connectivity index (χ2n) is 7.54. The number of methoxy groups -OCH3 is 1. The van der Waals surface area contributed by atoms with Gasteiger partial charge in [-0.05, 0) is 56.4 Å². The lowest BCUT2D eigenvalue weighted by atomic mass is 9.95. The molecule has 0 bridgehead atoms. The first-order valence-corrected chi connectivity index (χ1v) is 10.4. The number of carbonyl (C=O) groups is 2. The van der Waals surface area contributed by atoms with Gasteiger partial charge >= 0.3 is 12.1 Å². The summed E-state index contributed by atoms with van der Waals surface area (Å²) in [6.45, 7) is 3.56. The first-order chi connectivity index (χ1) is 15.4. The summed E-state index contributed by atoms with van der Waals surface area (Å²) < 4.78 is 51.1. The molecule has 182 valence electrons. The zero-order chi connectivity index (χ0) is 24.9.